The maximum Gasteiger partial charge on any atom is 0.410 e. The highest BCUT2D eigenvalue weighted by atomic mass is 35.5. The van der Waals surface area contributed by atoms with Gasteiger partial charge in [0.15, 0.2) is 0 Å². The number of allylic oxidation sites excluding steroid dienone is 2. The van der Waals surface area contributed by atoms with Crippen LogP contribution in [0, 0.1) is 5.92 Å². The summed E-state index contributed by atoms with van der Waals surface area (Å²) in [5, 5.41) is 0.726. The van der Waals surface area contributed by atoms with Crippen LogP contribution >= 0.6 is 11.6 Å². The predicted molar refractivity (Wildman–Crippen MR) is 134 cm³/mol. The molecule has 32 heavy (non-hydrogen) atoms. The lowest BCUT2D eigenvalue weighted by Crippen LogP contribution is -2.43. The summed E-state index contributed by atoms with van der Waals surface area (Å²) in [5.74, 6) is 0.414. The summed E-state index contributed by atoms with van der Waals surface area (Å²) >= 11 is 6.37. The Labute approximate surface area is 197 Å². The minimum atomic E-state index is -0.490. The third-order valence-corrected chi connectivity index (χ3v) is 6.35. The van der Waals surface area contributed by atoms with Gasteiger partial charge in [0.25, 0.3) is 0 Å². The summed E-state index contributed by atoms with van der Waals surface area (Å²) < 4.78 is 5.58. The maximum absolute atomic E-state index is 12.6. The minimum Gasteiger partial charge on any atom is -0.444 e. The molecule has 0 aromatic heterocycles. The summed E-state index contributed by atoms with van der Waals surface area (Å²) in [6.45, 7) is 17.5. The number of carbonyl (C=O) groups excluding carboxylic acids is 1. The Kier molecular flexibility index (Phi) is 7.66. The zero-order valence-corrected chi connectivity index (χ0v) is 20.5. The van der Waals surface area contributed by atoms with Gasteiger partial charge in [-0.15, -0.1) is 0 Å². The molecule has 3 rings (SSSR count). The summed E-state index contributed by atoms with van der Waals surface area (Å²) in [4.78, 5) is 19.1. The molecule has 1 heterocycles. The lowest BCUT2D eigenvalue weighted by atomic mass is 9.75. The van der Waals surface area contributed by atoms with E-state index in [9.17, 15) is 4.79 Å². The SMILES string of the molecule is C=CN=C1C(=C)C(CCC)=Cc2cc(Cl)ccc2C1C1CCN(C(=O)OC(C)(C)C)CC1. The van der Waals surface area contributed by atoms with Crippen molar-refractivity contribution in [2.45, 2.75) is 64.9 Å². The Hall–Kier alpha value is -2.33. The number of hydrogen-bond donors (Lipinski definition) is 0. The second kappa shape index (κ2) is 10.1. The quantitative estimate of drug-likeness (QED) is 0.475. The van der Waals surface area contributed by atoms with E-state index in [-0.39, 0.29) is 12.0 Å². The lowest BCUT2D eigenvalue weighted by molar-refractivity contribution is 0.0181. The molecular formula is C27H35ClN2O2. The van der Waals surface area contributed by atoms with Crippen molar-refractivity contribution in [1.29, 1.82) is 0 Å². The first kappa shape index (κ1) is 24.3. The van der Waals surface area contributed by atoms with Gasteiger partial charge in [0.2, 0.25) is 0 Å². The van der Waals surface area contributed by atoms with Crippen LogP contribution in [0.3, 0.4) is 0 Å². The lowest BCUT2D eigenvalue weighted by Gasteiger charge is -2.37. The normalized spacial score (nSPS) is 21.1. The van der Waals surface area contributed by atoms with Crippen molar-refractivity contribution >= 4 is 29.5 Å². The first-order valence-electron chi connectivity index (χ1n) is 11.5. The van der Waals surface area contributed by atoms with Crippen LogP contribution in [-0.4, -0.2) is 35.4 Å². The Morgan fingerprint density at radius 3 is 2.59 bits per heavy atom. The molecule has 0 spiro atoms. The summed E-state index contributed by atoms with van der Waals surface area (Å²) in [7, 11) is 0. The molecule has 1 atom stereocenters. The summed E-state index contributed by atoms with van der Waals surface area (Å²) in [6, 6.07) is 6.12. The van der Waals surface area contributed by atoms with Crippen LogP contribution in [0.4, 0.5) is 4.79 Å². The van der Waals surface area contributed by atoms with Crippen molar-refractivity contribution < 1.29 is 9.53 Å². The number of halogens is 1. The molecule has 1 fully saturated rings. The molecule has 1 aromatic carbocycles. The van der Waals surface area contributed by atoms with E-state index in [1.807, 2.05) is 37.8 Å². The molecule has 1 aliphatic heterocycles. The van der Waals surface area contributed by atoms with Gasteiger partial charge < -0.3 is 9.64 Å². The molecule has 1 saturated heterocycles. The van der Waals surface area contributed by atoms with E-state index in [1.54, 1.807) is 6.20 Å². The zero-order valence-electron chi connectivity index (χ0n) is 19.8. The highest BCUT2D eigenvalue weighted by molar-refractivity contribution is 6.30. The Balaban J connectivity index is 1.94. The van der Waals surface area contributed by atoms with Gasteiger partial charge in [0.1, 0.15) is 5.60 Å². The largest absolute Gasteiger partial charge is 0.444 e. The fourth-order valence-corrected chi connectivity index (χ4v) is 4.88. The van der Waals surface area contributed by atoms with Gasteiger partial charge in [0, 0.05) is 30.2 Å². The second-order valence-corrected chi connectivity index (χ2v) is 10.1. The van der Waals surface area contributed by atoms with Gasteiger partial charge in [-0.3, -0.25) is 4.99 Å². The van der Waals surface area contributed by atoms with E-state index in [2.05, 4.69) is 32.2 Å². The maximum atomic E-state index is 12.6. The zero-order chi connectivity index (χ0) is 23.5. The molecule has 1 unspecified atom stereocenters. The average Bonchev–Trinajstić information content (AvgIpc) is 2.83. The highest BCUT2D eigenvalue weighted by Crippen LogP contribution is 2.43. The van der Waals surface area contributed by atoms with Crippen LogP contribution in [-0.2, 0) is 4.74 Å². The van der Waals surface area contributed by atoms with Gasteiger partial charge >= 0.3 is 6.09 Å². The summed E-state index contributed by atoms with van der Waals surface area (Å²) in [6.07, 6.45) is 7.32. The van der Waals surface area contributed by atoms with Gasteiger partial charge in [-0.2, -0.15) is 0 Å². The van der Waals surface area contributed by atoms with E-state index < -0.39 is 5.60 Å². The Morgan fingerprint density at radius 1 is 1.31 bits per heavy atom. The number of piperidine rings is 1. The molecular weight excluding hydrogens is 420 g/mol. The van der Waals surface area contributed by atoms with Crippen molar-refractivity contribution in [3.8, 4) is 0 Å². The molecule has 5 heteroatoms. The number of likely N-dealkylation sites (tertiary alicyclic amines) is 1. The predicted octanol–water partition coefficient (Wildman–Crippen LogP) is 7.41. The molecule has 1 aromatic rings. The Morgan fingerprint density at radius 2 is 2.00 bits per heavy atom. The number of nitrogens with zero attached hydrogens (tertiary/aromatic N) is 2. The van der Waals surface area contributed by atoms with Crippen molar-refractivity contribution in [2.75, 3.05) is 13.1 Å². The molecule has 172 valence electrons. The number of fused-ring (bicyclic) bond motifs is 1. The van der Waals surface area contributed by atoms with E-state index in [1.165, 1.54) is 11.1 Å². The molecule has 1 amide bonds. The van der Waals surface area contributed by atoms with Gasteiger partial charge in [0.05, 0.1) is 5.71 Å². The van der Waals surface area contributed by atoms with Crippen LogP contribution in [0.5, 0.6) is 0 Å². The van der Waals surface area contributed by atoms with Crippen molar-refractivity contribution in [2.24, 2.45) is 10.9 Å². The monoisotopic (exact) mass is 454 g/mol. The van der Waals surface area contributed by atoms with E-state index in [0.717, 1.165) is 47.6 Å². The number of benzene rings is 1. The van der Waals surface area contributed by atoms with E-state index >= 15 is 0 Å². The topological polar surface area (TPSA) is 41.9 Å². The van der Waals surface area contributed by atoms with Gasteiger partial charge in [-0.25, -0.2) is 4.79 Å². The van der Waals surface area contributed by atoms with E-state index in [4.69, 9.17) is 21.3 Å². The van der Waals surface area contributed by atoms with Crippen LogP contribution in [0.2, 0.25) is 5.02 Å². The fraction of sp³-hybridized carbons (Fsp3) is 0.481. The molecule has 0 N–H and O–H groups in total. The number of rotatable bonds is 4. The number of aliphatic imine (C=N–C) groups is 1. The molecule has 0 saturated carbocycles. The van der Waals surface area contributed by atoms with Gasteiger partial charge in [-0.1, -0.05) is 50.2 Å². The molecule has 0 radical (unpaired) electrons. The van der Waals surface area contributed by atoms with Gasteiger partial charge in [-0.05, 0) is 80.4 Å². The van der Waals surface area contributed by atoms with Crippen molar-refractivity contribution in [1.82, 2.24) is 4.90 Å². The molecule has 0 bridgehead atoms. The van der Waals surface area contributed by atoms with Crippen molar-refractivity contribution in [3.63, 3.8) is 0 Å². The van der Waals surface area contributed by atoms with Crippen LogP contribution in [0.25, 0.3) is 6.08 Å². The summed E-state index contributed by atoms with van der Waals surface area (Å²) in [5.41, 5.74) is 5.03. The number of carbonyl (C=O) groups is 1. The number of ether oxygens (including phenoxy) is 1. The molecule has 2 aliphatic rings. The van der Waals surface area contributed by atoms with Crippen LogP contribution in [0.1, 0.15) is 70.4 Å². The van der Waals surface area contributed by atoms with Crippen LogP contribution in [0.15, 0.2) is 53.7 Å². The third kappa shape index (κ3) is 5.53. The minimum absolute atomic E-state index is 0.0826. The standard InChI is InChI=1S/C27H35ClN2O2/c1-7-9-20-16-21-17-22(28)10-11-23(21)24(25(18(20)3)29-8-2)19-12-14-30(15-13-19)26(31)32-27(4,5)6/h8,10-11,16-17,19,24H,2-3,7,9,12-15H2,1,4-6H3. The van der Waals surface area contributed by atoms with E-state index in [0.29, 0.717) is 19.0 Å². The first-order valence-corrected chi connectivity index (χ1v) is 11.9. The second-order valence-electron chi connectivity index (χ2n) is 9.65. The third-order valence-electron chi connectivity index (χ3n) is 6.12. The number of hydrogen-bond acceptors (Lipinski definition) is 3. The first-order chi connectivity index (χ1) is 15.1. The number of amides is 1. The Bertz CT molecular complexity index is 947. The molecule has 4 nitrogen and oxygen atoms in total. The van der Waals surface area contributed by atoms with Crippen LogP contribution < -0.4 is 0 Å². The highest BCUT2D eigenvalue weighted by Gasteiger charge is 2.37. The smallest absolute Gasteiger partial charge is 0.410 e. The van der Waals surface area contributed by atoms with Crippen molar-refractivity contribution in [3.05, 3.63) is 64.9 Å². The fourth-order valence-electron chi connectivity index (χ4n) is 4.70. The average molecular weight is 455 g/mol. The molecule has 1 aliphatic carbocycles.